The van der Waals surface area contributed by atoms with Crippen LogP contribution in [0.3, 0.4) is 0 Å². The first-order chi connectivity index (χ1) is 5.68. The first-order valence-electron chi connectivity index (χ1n) is 3.26. The smallest absolute Gasteiger partial charge is 0.206 e. The van der Waals surface area contributed by atoms with Gasteiger partial charge in [-0.3, -0.25) is 9.79 Å². The van der Waals surface area contributed by atoms with Crippen LogP contribution in [-0.4, -0.2) is 12.0 Å². The number of ketones is 1. The van der Waals surface area contributed by atoms with Crippen molar-refractivity contribution in [2.75, 3.05) is 0 Å². The van der Waals surface area contributed by atoms with Gasteiger partial charge in [-0.05, 0) is 12.1 Å². The molecular formula is C8H3Cl2NO. The van der Waals surface area contributed by atoms with Crippen LogP contribution in [0.25, 0.3) is 0 Å². The Balaban J connectivity index is 2.74. The summed E-state index contributed by atoms with van der Waals surface area (Å²) in [6.45, 7) is 0. The zero-order chi connectivity index (χ0) is 8.72. The van der Waals surface area contributed by atoms with Crippen molar-refractivity contribution in [1.82, 2.24) is 0 Å². The van der Waals surface area contributed by atoms with Crippen molar-refractivity contribution < 1.29 is 4.79 Å². The molecule has 0 aromatic heterocycles. The van der Waals surface area contributed by atoms with Crippen LogP contribution in [-0.2, 0) is 0 Å². The quantitative estimate of drug-likeness (QED) is 0.632. The van der Waals surface area contributed by atoms with Gasteiger partial charge in [-0.25, -0.2) is 0 Å². The number of fused-ring (bicyclic) bond motifs is 1. The summed E-state index contributed by atoms with van der Waals surface area (Å²) in [7, 11) is 0. The highest BCUT2D eigenvalue weighted by Gasteiger charge is 2.18. The maximum atomic E-state index is 11.1. The standard InChI is InChI=1S/C8H3Cl2NO/c9-4-1-5-7(12)3-11-8(5)6(10)2-4/h1-3H. The highest BCUT2D eigenvalue weighted by atomic mass is 35.5. The molecule has 4 heteroatoms. The van der Waals surface area contributed by atoms with Gasteiger partial charge in [-0.2, -0.15) is 0 Å². The minimum atomic E-state index is -0.144. The molecule has 0 spiro atoms. The van der Waals surface area contributed by atoms with Gasteiger partial charge >= 0.3 is 0 Å². The van der Waals surface area contributed by atoms with Crippen LogP contribution in [0.15, 0.2) is 17.1 Å². The van der Waals surface area contributed by atoms with Crippen molar-refractivity contribution in [3.8, 4) is 0 Å². The summed E-state index contributed by atoms with van der Waals surface area (Å²) < 4.78 is 0. The number of rotatable bonds is 0. The largest absolute Gasteiger partial charge is 0.287 e. The van der Waals surface area contributed by atoms with E-state index in [-0.39, 0.29) is 5.78 Å². The predicted molar refractivity (Wildman–Crippen MR) is 48.9 cm³/mol. The molecule has 1 aliphatic rings. The number of aliphatic imine (C=N–C) groups is 1. The Morgan fingerprint density at radius 2 is 2.00 bits per heavy atom. The summed E-state index contributed by atoms with van der Waals surface area (Å²) >= 11 is 11.5. The molecule has 0 N–H and O–H groups in total. The molecule has 60 valence electrons. The third-order valence-corrected chi connectivity index (χ3v) is 2.11. The lowest BCUT2D eigenvalue weighted by Crippen LogP contribution is -1.93. The average molecular weight is 200 g/mol. The minimum absolute atomic E-state index is 0.144. The van der Waals surface area contributed by atoms with Crippen LogP contribution in [0.2, 0.25) is 10.0 Å². The number of hydrogen-bond acceptors (Lipinski definition) is 2. The SMILES string of the molecule is O=C1C=Nc2c(Cl)cc(Cl)cc21. The molecule has 2 rings (SSSR count). The zero-order valence-corrected chi connectivity index (χ0v) is 7.36. The fourth-order valence-corrected chi connectivity index (χ4v) is 1.62. The number of nitrogens with zero attached hydrogens (tertiary/aromatic N) is 1. The van der Waals surface area contributed by atoms with Crippen molar-refractivity contribution >= 4 is 40.9 Å². The minimum Gasteiger partial charge on any atom is -0.287 e. The van der Waals surface area contributed by atoms with E-state index in [1.807, 2.05) is 0 Å². The molecular weight excluding hydrogens is 197 g/mol. The van der Waals surface area contributed by atoms with Gasteiger partial charge in [0, 0.05) is 5.02 Å². The topological polar surface area (TPSA) is 29.4 Å². The van der Waals surface area contributed by atoms with E-state index < -0.39 is 0 Å². The third-order valence-electron chi connectivity index (χ3n) is 1.60. The highest BCUT2D eigenvalue weighted by Crippen LogP contribution is 2.34. The van der Waals surface area contributed by atoms with E-state index in [4.69, 9.17) is 23.2 Å². The van der Waals surface area contributed by atoms with Gasteiger partial charge in [0.1, 0.15) is 0 Å². The van der Waals surface area contributed by atoms with Gasteiger partial charge in [0.25, 0.3) is 0 Å². The van der Waals surface area contributed by atoms with Crippen LogP contribution in [0.4, 0.5) is 5.69 Å². The summed E-state index contributed by atoms with van der Waals surface area (Å²) in [4.78, 5) is 15.0. The molecule has 0 atom stereocenters. The van der Waals surface area contributed by atoms with Gasteiger partial charge in [0.05, 0.1) is 22.5 Å². The molecule has 0 aliphatic carbocycles. The van der Waals surface area contributed by atoms with Gasteiger partial charge in [-0.15, -0.1) is 0 Å². The van der Waals surface area contributed by atoms with Crippen LogP contribution >= 0.6 is 23.2 Å². The highest BCUT2D eigenvalue weighted by molar-refractivity contribution is 6.44. The molecule has 0 radical (unpaired) electrons. The molecule has 0 amide bonds. The first kappa shape index (κ1) is 7.77. The Kier molecular flexibility index (Phi) is 1.67. The molecule has 0 bridgehead atoms. The van der Waals surface area contributed by atoms with Crippen LogP contribution < -0.4 is 0 Å². The van der Waals surface area contributed by atoms with Crippen LogP contribution in [0.5, 0.6) is 0 Å². The second-order valence-corrected chi connectivity index (χ2v) is 3.25. The molecule has 0 unspecified atom stereocenters. The molecule has 12 heavy (non-hydrogen) atoms. The molecule has 1 aromatic carbocycles. The second kappa shape index (κ2) is 2.57. The van der Waals surface area contributed by atoms with E-state index in [0.29, 0.717) is 21.3 Å². The molecule has 0 saturated heterocycles. The lowest BCUT2D eigenvalue weighted by molar-refractivity contribution is 0.107. The van der Waals surface area contributed by atoms with Crippen molar-refractivity contribution in [1.29, 1.82) is 0 Å². The normalized spacial score (nSPS) is 13.7. The maximum absolute atomic E-state index is 11.1. The van der Waals surface area contributed by atoms with Gasteiger partial charge in [0.2, 0.25) is 5.78 Å². The van der Waals surface area contributed by atoms with E-state index >= 15 is 0 Å². The average Bonchev–Trinajstić information content (AvgIpc) is 2.33. The number of halogens is 2. The maximum Gasteiger partial charge on any atom is 0.206 e. The number of Topliss-reactive ketones (excluding diaryl/α,β-unsaturated/α-hetero) is 1. The van der Waals surface area contributed by atoms with Gasteiger partial charge < -0.3 is 0 Å². The van der Waals surface area contributed by atoms with E-state index in [1.54, 1.807) is 12.1 Å². The van der Waals surface area contributed by atoms with Crippen LogP contribution in [0, 0.1) is 0 Å². The zero-order valence-electron chi connectivity index (χ0n) is 5.84. The lowest BCUT2D eigenvalue weighted by atomic mass is 10.1. The van der Waals surface area contributed by atoms with Crippen molar-refractivity contribution in [3.05, 3.63) is 27.7 Å². The fourth-order valence-electron chi connectivity index (χ4n) is 1.08. The molecule has 1 aliphatic heterocycles. The van der Waals surface area contributed by atoms with Crippen molar-refractivity contribution in [3.63, 3.8) is 0 Å². The van der Waals surface area contributed by atoms with Crippen LogP contribution in [0.1, 0.15) is 10.4 Å². The summed E-state index contributed by atoms with van der Waals surface area (Å²) in [5.41, 5.74) is 0.999. The number of benzene rings is 1. The Hall–Kier alpha value is -0.860. The number of hydrogen-bond donors (Lipinski definition) is 0. The predicted octanol–water partition coefficient (Wildman–Crippen LogP) is 2.89. The Bertz CT molecular complexity index is 398. The van der Waals surface area contributed by atoms with Crippen molar-refractivity contribution in [2.45, 2.75) is 0 Å². The molecule has 0 fully saturated rings. The summed E-state index contributed by atoms with van der Waals surface area (Å²) in [6, 6.07) is 3.13. The Labute approximate surface area is 78.8 Å². The van der Waals surface area contributed by atoms with E-state index in [0.717, 1.165) is 0 Å². The Morgan fingerprint density at radius 1 is 1.25 bits per heavy atom. The van der Waals surface area contributed by atoms with E-state index in [1.165, 1.54) is 6.21 Å². The summed E-state index contributed by atoms with van der Waals surface area (Å²) in [5, 5.41) is 0.872. The second-order valence-electron chi connectivity index (χ2n) is 2.41. The van der Waals surface area contributed by atoms with Gasteiger partial charge in [0.15, 0.2) is 0 Å². The monoisotopic (exact) mass is 199 g/mol. The third kappa shape index (κ3) is 1.04. The molecule has 1 aromatic rings. The van der Waals surface area contributed by atoms with Crippen molar-refractivity contribution in [2.24, 2.45) is 4.99 Å². The first-order valence-corrected chi connectivity index (χ1v) is 4.01. The summed E-state index contributed by atoms with van der Waals surface area (Å²) in [6.07, 6.45) is 1.24. The summed E-state index contributed by atoms with van der Waals surface area (Å²) in [5.74, 6) is -0.144. The van der Waals surface area contributed by atoms with E-state index in [2.05, 4.69) is 4.99 Å². The van der Waals surface area contributed by atoms with Gasteiger partial charge in [-0.1, -0.05) is 23.2 Å². The molecule has 1 heterocycles. The number of carbonyl (C=O) groups excluding carboxylic acids is 1. The fraction of sp³-hybridized carbons (Fsp3) is 0. The Morgan fingerprint density at radius 3 is 2.75 bits per heavy atom. The lowest BCUT2D eigenvalue weighted by Gasteiger charge is -1.98. The van der Waals surface area contributed by atoms with E-state index in [9.17, 15) is 4.79 Å². The number of carbonyl (C=O) groups is 1. The molecule has 2 nitrogen and oxygen atoms in total. The molecule has 0 saturated carbocycles.